The van der Waals surface area contributed by atoms with E-state index in [4.69, 9.17) is 4.18 Å². The van der Waals surface area contributed by atoms with E-state index in [1.807, 2.05) is 6.92 Å². The van der Waals surface area contributed by atoms with Gasteiger partial charge in [0.25, 0.3) is 5.91 Å². The van der Waals surface area contributed by atoms with Crippen molar-refractivity contribution in [3.8, 4) is 5.75 Å². The van der Waals surface area contributed by atoms with Crippen LogP contribution in [0.1, 0.15) is 18.1 Å². The van der Waals surface area contributed by atoms with Gasteiger partial charge >= 0.3 is 10.1 Å². The molecule has 0 aromatic heterocycles. The third-order valence-electron chi connectivity index (χ3n) is 3.60. The molecule has 2 aromatic carbocycles. The number of amides is 2. The standard InChI is InChI=1S/C19H16N2O5S2/c1-12-3-9-16(10-4-12)28(24,25)26-15-7-5-14(6-8-15)11-17-18(23)21-19(27-17)20-13(2)22/h3-11H,1-2H3,(H,20,21,22,23)/b17-11+. The summed E-state index contributed by atoms with van der Waals surface area (Å²) in [5.41, 5.74) is 1.61. The van der Waals surface area contributed by atoms with Crippen molar-refractivity contribution in [1.29, 1.82) is 0 Å². The summed E-state index contributed by atoms with van der Waals surface area (Å²) in [6.07, 6.45) is 1.60. The Hall–Kier alpha value is -2.91. The molecular weight excluding hydrogens is 400 g/mol. The SMILES string of the molecule is CC(=O)NC1=NC(=O)/C(=C\c2ccc(OS(=O)(=O)c3ccc(C)cc3)cc2)S1. The Bertz CT molecular complexity index is 1090. The molecule has 0 bridgehead atoms. The lowest BCUT2D eigenvalue weighted by molar-refractivity contribution is -0.117. The van der Waals surface area contributed by atoms with Crippen molar-refractivity contribution in [3.05, 3.63) is 64.6 Å². The summed E-state index contributed by atoms with van der Waals surface area (Å²) in [6, 6.07) is 12.6. The second-order valence-corrected chi connectivity index (χ2v) is 8.51. The Kier molecular flexibility index (Phi) is 5.66. The number of amidine groups is 1. The van der Waals surface area contributed by atoms with Crippen LogP contribution in [-0.4, -0.2) is 25.4 Å². The third kappa shape index (κ3) is 4.87. The van der Waals surface area contributed by atoms with Crippen molar-refractivity contribution in [3.63, 3.8) is 0 Å². The van der Waals surface area contributed by atoms with Gasteiger partial charge in [0.15, 0.2) is 5.17 Å². The highest BCUT2D eigenvalue weighted by molar-refractivity contribution is 8.18. The van der Waals surface area contributed by atoms with Crippen molar-refractivity contribution >= 4 is 44.9 Å². The maximum Gasteiger partial charge on any atom is 0.339 e. The van der Waals surface area contributed by atoms with Gasteiger partial charge < -0.3 is 9.50 Å². The van der Waals surface area contributed by atoms with Crippen molar-refractivity contribution in [1.82, 2.24) is 5.32 Å². The summed E-state index contributed by atoms with van der Waals surface area (Å²) in [7, 11) is -3.93. The normalized spacial score (nSPS) is 15.4. The van der Waals surface area contributed by atoms with Crippen LogP contribution in [-0.2, 0) is 19.7 Å². The van der Waals surface area contributed by atoms with Crippen LogP contribution >= 0.6 is 11.8 Å². The number of thioether (sulfide) groups is 1. The molecule has 0 atom stereocenters. The zero-order valence-corrected chi connectivity index (χ0v) is 16.6. The quantitative estimate of drug-likeness (QED) is 0.607. The Morgan fingerprint density at radius 3 is 2.36 bits per heavy atom. The van der Waals surface area contributed by atoms with Gasteiger partial charge in [-0.25, -0.2) is 0 Å². The van der Waals surface area contributed by atoms with E-state index >= 15 is 0 Å². The zero-order chi connectivity index (χ0) is 20.3. The van der Waals surface area contributed by atoms with Gasteiger partial charge in [-0.1, -0.05) is 29.8 Å². The lowest BCUT2D eigenvalue weighted by Crippen LogP contribution is -2.23. The maximum absolute atomic E-state index is 12.3. The second kappa shape index (κ2) is 7.99. The number of carbonyl (C=O) groups excluding carboxylic acids is 2. The van der Waals surface area contributed by atoms with Gasteiger partial charge in [0, 0.05) is 6.92 Å². The van der Waals surface area contributed by atoms with Crippen LogP contribution in [0.2, 0.25) is 0 Å². The fraction of sp³-hybridized carbons (Fsp3) is 0.105. The summed E-state index contributed by atoms with van der Waals surface area (Å²) < 4.78 is 29.8. The lowest BCUT2D eigenvalue weighted by atomic mass is 10.2. The first-order valence-electron chi connectivity index (χ1n) is 8.14. The Morgan fingerprint density at radius 1 is 1.11 bits per heavy atom. The number of hydrogen-bond acceptors (Lipinski definition) is 6. The fourth-order valence-electron chi connectivity index (χ4n) is 2.26. The van der Waals surface area contributed by atoms with E-state index in [0.29, 0.717) is 10.5 Å². The van der Waals surface area contributed by atoms with Gasteiger partial charge in [-0.3, -0.25) is 9.59 Å². The van der Waals surface area contributed by atoms with Gasteiger partial charge in [-0.15, -0.1) is 0 Å². The molecule has 1 heterocycles. The molecule has 9 heteroatoms. The van der Waals surface area contributed by atoms with E-state index in [1.165, 1.54) is 31.2 Å². The molecule has 0 spiro atoms. The number of benzene rings is 2. The molecule has 0 saturated carbocycles. The van der Waals surface area contributed by atoms with E-state index in [-0.39, 0.29) is 21.7 Å². The van der Waals surface area contributed by atoms with Gasteiger partial charge in [0.2, 0.25) is 5.91 Å². The number of aryl methyl sites for hydroxylation is 1. The predicted molar refractivity (Wildman–Crippen MR) is 107 cm³/mol. The van der Waals surface area contributed by atoms with E-state index < -0.39 is 16.0 Å². The number of carbonyl (C=O) groups is 2. The summed E-state index contributed by atoms with van der Waals surface area (Å²) >= 11 is 1.06. The summed E-state index contributed by atoms with van der Waals surface area (Å²) in [4.78, 5) is 27.1. The highest BCUT2D eigenvalue weighted by Gasteiger charge is 2.22. The van der Waals surface area contributed by atoms with Crippen LogP contribution in [0.4, 0.5) is 0 Å². The number of nitrogens with zero attached hydrogens (tertiary/aromatic N) is 1. The monoisotopic (exact) mass is 416 g/mol. The van der Waals surface area contributed by atoms with Crippen LogP contribution in [0, 0.1) is 6.92 Å². The largest absolute Gasteiger partial charge is 0.379 e. The van der Waals surface area contributed by atoms with Crippen molar-refractivity contribution in [2.75, 3.05) is 0 Å². The average molecular weight is 416 g/mol. The van der Waals surface area contributed by atoms with E-state index in [2.05, 4.69) is 10.3 Å². The molecule has 0 aliphatic carbocycles. The number of hydrogen-bond donors (Lipinski definition) is 1. The Labute approximate surface area is 166 Å². The molecule has 1 aliphatic heterocycles. The smallest absolute Gasteiger partial charge is 0.339 e. The first-order valence-corrected chi connectivity index (χ1v) is 10.4. The number of nitrogens with one attached hydrogen (secondary N) is 1. The molecule has 1 N–H and O–H groups in total. The fourth-order valence-corrected chi connectivity index (χ4v) is 4.05. The minimum atomic E-state index is -3.93. The molecule has 0 unspecified atom stereocenters. The Morgan fingerprint density at radius 2 is 1.75 bits per heavy atom. The van der Waals surface area contributed by atoms with Gasteiger partial charge in [-0.05, 0) is 54.6 Å². The van der Waals surface area contributed by atoms with Crippen molar-refractivity contribution < 1.29 is 22.2 Å². The summed E-state index contributed by atoms with van der Waals surface area (Å²) in [5.74, 6) is -0.601. The summed E-state index contributed by atoms with van der Waals surface area (Å²) in [6.45, 7) is 3.20. The van der Waals surface area contributed by atoms with Crippen molar-refractivity contribution in [2.24, 2.45) is 4.99 Å². The number of aliphatic imine (C=N–C) groups is 1. The molecule has 2 aromatic rings. The van der Waals surface area contributed by atoms with Crippen LogP contribution < -0.4 is 9.50 Å². The third-order valence-corrected chi connectivity index (χ3v) is 5.76. The Balaban J connectivity index is 1.71. The van der Waals surface area contributed by atoms with Gasteiger partial charge in [-0.2, -0.15) is 13.4 Å². The van der Waals surface area contributed by atoms with Gasteiger partial charge in [0.05, 0.1) is 4.91 Å². The molecule has 3 rings (SSSR count). The first kappa shape index (κ1) is 19.8. The minimum absolute atomic E-state index is 0.0693. The molecule has 0 saturated heterocycles. The second-order valence-electron chi connectivity index (χ2n) is 5.93. The van der Waals surface area contributed by atoms with Crippen LogP contribution in [0.15, 0.2) is 63.3 Å². The first-order chi connectivity index (χ1) is 13.2. The molecule has 144 valence electrons. The van der Waals surface area contributed by atoms with Crippen LogP contribution in [0.5, 0.6) is 5.75 Å². The minimum Gasteiger partial charge on any atom is -0.379 e. The summed E-state index contributed by atoms with van der Waals surface area (Å²) in [5, 5.41) is 2.70. The highest BCUT2D eigenvalue weighted by Crippen LogP contribution is 2.28. The number of rotatable bonds is 4. The molecule has 2 amide bonds. The van der Waals surface area contributed by atoms with E-state index in [9.17, 15) is 18.0 Å². The molecule has 1 aliphatic rings. The van der Waals surface area contributed by atoms with Crippen LogP contribution in [0.25, 0.3) is 6.08 Å². The highest BCUT2D eigenvalue weighted by atomic mass is 32.2. The van der Waals surface area contributed by atoms with Crippen LogP contribution in [0.3, 0.4) is 0 Å². The molecular formula is C19H16N2O5S2. The maximum atomic E-state index is 12.3. The lowest BCUT2D eigenvalue weighted by Gasteiger charge is -2.07. The van der Waals surface area contributed by atoms with E-state index in [1.54, 1.807) is 30.3 Å². The van der Waals surface area contributed by atoms with Crippen molar-refractivity contribution in [2.45, 2.75) is 18.7 Å². The molecule has 7 nitrogen and oxygen atoms in total. The van der Waals surface area contributed by atoms with E-state index in [0.717, 1.165) is 17.3 Å². The average Bonchev–Trinajstić information content (AvgIpc) is 2.95. The molecule has 0 radical (unpaired) electrons. The van der Waals surface area contributed by atoms with Gasteiger partial charge in [0.1, 0.15) is 10.6 Å². The zero-order valence-electron chi connectivity index (χ0n) is 15.0. The topological polar surface area (TPSA) is 102 Å². The molecule has 0 fully saturated rings. The molecule has 28 heavy (non-hydrogen) atoms. The predicted octanol–water partition coefficient (Wildman–Crippen LogP) is 2.87.